The fourth-order valence-electron chi connectivity index (χ4n) is 2.34. The number of carboxylic acids is 1. The van der Waals surface area contributed by atoms with Crippen LogP contribution in [0, 0.1) is 13.8 Å². The van der Waals surface area contributed by atoms with Gasteiger partial charge >= 0.3 is 5.97 Å². The first-order valence-electron chi connectivity index (χ1n) is 7.40. The van der Waals surface area contributed by atoms with Crippen LogP contribution in [0.5, 0.6) is 0 Å². The van der Waals surface area contributed by atoms with Crippen molar-refractivity contribution in [2.45, 2.75) is 40.2 Å². The zero-order valence-electron chi connectivity index (χ0n) is 13.6. The molecule has 1 amide bonds. The van der Waals surface area contributed by atoms with E-state index in [2.05, 4.69) is 15.6 Å². The third-order valence-corrected chi connectivity index (χ3v) is 3.73. The predicted molar refractivity (Wildman–Crippen MR) is 85.6 cm³/mol. The van der Waals surface area contributed by atoms with Crippen molar-refractivity contribution in [2.75, 3.05) is 5.32 Å². The molecule has 0 bridgehead atoms. The Balaban J connectivity index is 2.26. The molecule has 1 aromatic carbocycles. The van der Waals surface area contributed by atoms with E-state index in [4.69, 9.17) is 5.11 Å². The Morgan fingerprint density at radius 1 is 1.35 bits per heavy atom. The van der Waals surface area contributed by atoms with Gasteiger partial charge in [-0.1, -0.05) is 24.3 Å². The van der Waals surface area contributed by atoms with E-state index in [9.17, 15) is 9.59 Å². The van der Waals surface area contributed by atoms with Crippen molar-refractivity contribution in [2.24, 2.45) is 0 Å². The van der Waals surface area contributed by atoms with Crippen molar-refractivity contribution in [3.63, 3.8) is 0 Å². The summed E-state index contributed by atoms with van der Waals surface area (Å²) in [6.45, 7) is 7.33. The quantitative estimate of drug-likeness (QED) is 0.882. The number of anilines is 1. The predicted octanol–water partition coefficient (Wildman–Crippen LogP) is 2.36. The van der Waals surface area contributed by atoms with E-state index in [-0.39, 0.29) is 11.6 Å². The standard InChI is InChI=1S/C16H20N4O3/c1-5-13-14(16(22)23)18-19-20(13)11(4)15(21)17-12-8-9(2)6-7-10(12)3/h6-8,11H,5H2,1-4H3,(H,17,21)(H,22,23). The minimum absolute atomic E-state index is 0.112. The van der Waals surface area contributed by atoms with Gasteiger partial charge in [0, 0.05) is 5.69 Å². The third kappa shape index (κ3) is 3.39. The first-order chi connectivity index (χ1) is 10.8. The topological polar surface area (TPSA) is 97.1 Å². The van der Waals surface area contributed by atoms with Gasteiger partial charge in [-0.15, -0.1) is 5.10 Å². The lowest BCUT2D eigenvalue weighted by molar-refractivity contribution is -0.119. The van der Waals surface area contributed by atoms with Gasteiger partial charge in [0.1, 0.15) is 6.04 Å². The van der Waals surface area contributed by atoms with Crippen molar-refractivity contribution >= 4 is 17.6 Å². The van der Waals surface area contributed by atoms with Crippen LogP contribution in [-0.2, 0) is 11.2 Å². The lowest BCUT2D eigenvalue weighted by Crippen LogP contribution is -2.26. The van der Waals surface area contributed by atoms with Gasteiger partial charge in [0.15, 0.2) is 5.69 Å². The molecule has 0 aliphatic rings. The number of aryl methyl sites for hydroxylation is 2. The molecule has 122 valence electrons. The van der Waals surface area contributed by atoms with Gasteiger partial charge in [0.25, 0.3) is 0 Å². The molecule has 0 radical (unpaired) electrons. The van der Waals surface area contributed by atoms with Crippen molar-refractivity contribution in [3.05, 3.63) is 40.7 Å². The van der Waals surface area contributed by atoms with Gasteiger partial charge in [-0.05, 0) is 44.4 Å². The summed E-state index contributed by atoms with van der Waals surface area (Å²) in [4.78, 5) is 23.6. The Morgan fingerprint density at radius 3 is 2.65 bits per heavy atom. The van der Waals surface area contributed by atoms with E-state index >= 15 is 0 Å². The lowest BCUT2D eigenvalue weighted by Gasteiger charge is -2.16. The number of nitrogens with zero attached hydrogens (tertiary/aromatic N) is 3. The monoisotopic (exact) mass is 316 g/mol. The SMILES string of the molecule is CCc1c(C(=O)O)nnn1C(C)C(=O)Nc1cc(C)ccc1C. The summed E-state index contributed by atoms with van der Waals surface area (Å²) in [5.41, 5.74) is 3.05. The molecule has 0 spiro atoms. The Kier molecular flexibility index (Phi) is 4.78. The highest BCUT2D eigenvalue weighted by atomic mass is 16.4. The molecule has 0 saturated carbocycles. The molecule has 2 aromatic rings. The van der Waals surface area contributed by atoms with Crippen LogP contribution >= 0.6 is 0 Å². The summed E-state index contributed by atoms with van der Waals surface area (Å²) < 4.78 is 1.36. The molecule has 1 atom stereocenters. The molecular formula is C16H20N4O3. The number of nitrogens with one attached hydrogen (secondary N) is 1. The number of carboxylic acid groups (broad SMARTS) is 1. The number of aromatic nitrogens is 3. The average molecular weight is 316 g/mol. The summed E-state index contributed by atoms with van der Waals surface area (Å²) in [5.74, 6) is -1.41. The maximum absolute atomic E-state index is 12.5. The Morgan fingerprint density at radius 2 is 2.04 bits per heavy atom. The van der Waals surface area contributed by atoms with Crippen LogP contribution in [0.3, 0.4) is 0 Å². The van der Waals surface area contributed by atoms with E-state index in [1.54, 1.807) is 13.8 Å². The van der Waals surface area contributed by atoms with Crippen LogP contribution in [0.25, 0.3) is 0 Å². The van der Waals surface area contributed by atoms with E-state index in [0.717, 1.165) is 16.8 Å². The van der Waals surface area contributed by atoms with E-state index in [1.807, 2.05) is 32.0 Å². The van der Waals surface area contributed by atoms with Crippen LogP contribution in [0.4, 0.5) is 5.69 Å². The molecule has 23 heavy (non-hydrogen) atoms. The summed E-state index contributed by atoms with van der Waals surface area (Å²) >= 11 is 0. The van der Waals surface area contributed by atoms with Gasteiger partial charge in [-0.25, -0.2) is 9.48 Å². The molecule has 7 heteroatoms. The summed E-state index contributed by atoms with van der Waals surface area (Å²) in [6.07, 6.45) is 0.426. The Hall–Kier alpha value is -2.70. The van der Waals surface area contributed by atoms with E-state index in [0.29, 0.717) is 12.1 Å². The fraction of sp³-hybridized carbons (Fsp3) is 0.375. The number of carbonyl (C=O) groups is 2. The van der Waals surface area contributed by atoms with E-state index in [1.165, 1.54) is 4.68 Å². The second-order valence-corrected chi connectivity index (χ2v) is 5.47. The summed E-state index contributed by atoms with van der Waals surface area (Å²) in [6, 6.07) is 5.14. The minimum Gasteiger partial charge on any atom is -0.476 e. The van der Waals surface area contributed by atoms with Crippen LogP contribution in [-0.4, -0.2) is 32.0 Å². The van der Waals surface area contributed by atoms with Crippen LogP contribution < -0.4 is 5.32 Å². The Bertz CT molecular complexity index is 752. The molecule has 7 nitrogen and oxygen atoms in total. The highest BCUT2D eigenvalue weighted by molar-refractivity contribution is 5.94. The van der Waals surface area contributed by atoms with Gasteiger partial charge in [-0.2, -0.15) is 0 Å². The van der Waals surface area contributed by atoms with Gasteiger partial charge in [-0.3, -0.25) is 4.79 Å². The number of amides is 1. The highest BCUT2D eigenvalue weighted by Gasteiger charge is 2.24. The van der Waals surface area contributed by atoms with Crippen molar-refractivity contribution in [1.29, 1.82) is 0 Å². The average Bonchev–Trinajstić information content (AvgIpc) is 2.94. The summed E-state index contributed by atoms with van der Waals surface area (Å²) in [5, 5.41) is 19.5. The van der Waals surface area contributed by atoms with Gasteiger partial charge < -0.3 is 10.4 Å². The van der Waals surface area contributed by atoms with Crippen LogP contribution in [0.15, 0.2) is 18.2 Å². The Labute approximate surface area is 134 Å². The normalized spacial score (nSPS) is 12.0. The van der Waals surface area contributed by atoms with E-state index < -0.39 is 12.0 Å². The zero-order chi connectivity index (χ0) is 17.1. The smallest absolute Gasteiger partial charge is 0.358 e. The third-order valence-electron chi connectivity index (χ3n) is 3.73. The second-order valence-electron chi connectivity index (χ2n) is 5.47. The number of hydrogen-bond acceptors (Lipinski definition) is 4. The molecule has 0 fully saturated rings. The van der Waals surface area contributed by atoms with Crippen molar-refractivity contribution < 1.29 is 14.7 Å². The van der Waals surface area contributed by atoms with Crippen LogP contribution in [0.1, 0.15) is 47.2 Å². The van der Waals surface area contributed by atoms with Gasteiger partial charge in [0.05, 0.1) is 5.69 Å². The first kappa shape index (κ1) is 16.7. The fourth-order valence-corrected chi connectivity index (χ4v) is 2.34. The highest BCUT2D eigenvalue weighted by Crippen LogP contribution is 2.19. The largest absolute Gasteiger partial charge is 0.476 e. The van der Waals surface area contributed by atoms with Crippen molar-refractivity contribution in [3.8, 4) is 0 Å². The number of benzene rings is 1. The van der Waals surface area contributed by atoms with Crippen LogP contribution in [0.2, 0.25) is 0 Å². The lowest BCUT2D eigenvalue weighted by atomic mass is 10.1. The first-order valence-corrected chi connectivity index (χ1v) is 7.40. The maximum atomic E-state index is 12.5. The summed E-state index contributed by atoms with van der Waals surface area (Å²) in [7, 11) is 0. The van der Waals surface area contributed by atoms with Gasteiger partial charge in [0.2, 0.25) is 5.91 Å². The minimum atomic E-state index is -1.14. The maximum Gasteiger partial charge on any atom is 0.358 e. The zero-order valence-corrected chi connectivity index (χ0v) is 13.6. The second kappa shape index (κ2) is 6.60. The molecule has 1 unspecified atom stereocenters. The molecule has 2 N–H and O–H groups in total. The number of aromatic carboxylic acids is 1. The molecule has 0 aliphatic carbocycles. The molecular weight excluding hydrogens is 296 g/mol. The molecule has 1 heterocycles. The number of carbonyl (C=O) groups excluding carboxylic acids is 1. The molecule has 2 rings (SSSR count). The number of hydrogen-bond donors (Lipinski definition) is 2. The number of rotatable bonds is 5. The molecule has 0 aliphatic heterocycles. The molecule has 1 aromatic heterocycles. The van der Waals surface area contributed by atoms with Crippen molar-refractivity contribution in [1.82, 2.24) is 15.0 Å². The molecule has 0 saturated heterocycles.